The summed E-state index contributed by atoms with van der Waals surface area (Å²) in [4.78, 5) is 20.2. The maximum Gasteiger partial charge on any atom is 0.354 e. The van der Waals surface area contributed by atoms with Crippen molar-refractivity contribution in [2.24, 2.45) is 0 Å². The maximum absolute atomic E-state index is 10.9. The number of hydrogen-bond acceptors (Lipinski definition) is 4. The highest BCUT2D eigenvalue weighted by molar-refractivity contribution is 7.98. The van der Waals surface area contributed by atoms with Gasteiger partial charge in [-0.05, 0) is 25.1 Å². The number of rotatable bonds is 4. The molecule has 1 aromatic heterocycles. The molecular weight excluding hydrogens is 248 g/mol. The fraction of sp³-hybridized carbons (Fsp3) is 0.154. The summed E-state index contributed by atoms with van der Waals surface area (Å²) in [6.07, 6.45) is 0. The number of thioether (sulfide) groups is 1. The fourth-order valence-corrected chi connectivity index (χ4v) is 2.24. The molecule has 5 heteroatoms. The summed E-state index contributed by atoms with van der Waals surface area (Å²) in [5, 5.41) is 8.92. The van der Waals surface area contributed by atoms with Crippen LogP contribution in [0.25, 0.3) is 0 Å². The van der Waals surface area contributed by atoms with Gasteiger partial charge in [-0.15, -0.1) is 11.8 Å². The van der Waals surface area contributed by atoms with Crippen LogP contribution in [0.4, 0.5) is 0 Å². The zero-order chi connectivity index (χ0) is 13.0. The first-order valence-electron chi connectivity index (χ1n) is 5.41. The Morgan fingerprint density at radius 3 is 2.67 bits per heavy atom. The number of aryl methyl sites for hydroxylation is 1. The van der Waals surface area contributed by atoms with E-state index in [1.54, 1.807) is 18.7 Å². The molecule has 4 nitrogen and oxygen atoms in total. The zero-order valence-electron chi connectivity index (χ0n) is 9.83. The Morgan fingerprint density at radius 2 is 2.00 bits per heavy atom. The van der Waals surface area contributed by atoms with Crippen LogP contribution in [0.5, 0.6) is 0 Å². The van der Waals surface area contributed by atoms with E-state index in [0.717, 1.165) is 4.90 Å². The monoisotopic (exact) mass is 260 g/mol. The molecule has 0 aliphatic rings. The average molecular weight is 260 g/mol. The van der Waals surface area contributed by atoms with Crippen molar-refractivity contribution in [3.63, 3.8) is 0 Å². The molecule has 2 aromatic rings. The number of aromatic carboxylic acids is 1. The number of nitrogens with zero attached hydrogens (tertiary/aromatic N) is 2. The largest absolute Gasteiger partial charge is 0.477 e. The van der Waals surface area contributed by atoms with Crippen LogP contribution >= 0.6 is 11.8 Å². The first-order chi connectivity index (χ1) is 8.65. The van der Waals surface area contributed by atoms with Crippen LogP contribution in [0.1, 0.15) is 22.0 Å². The van der Waals surface area contributed by atoms with Crippen molar-refractivity contribution in [1.82, 2.24) is 9.97 Å². The van der Waals surface area contributed by atoms with Crippen molar-refractivity contribution in [3.05, 3.63) is 53.6 Å². The van der Waals surface area contributed by atoms with Crippen LogP contribution in [0.15, 0.2) is 41.3 Å². The third kappa shape index (κ3) is 3.30. The van der Waals surface area contributed by atoms with E-state index in [9.17, 15) is 4.79 Å². The van der Waals surface area contributed by atoms with Crippen LogP contribution in [-0.2, 0) is 5.75 Å². The molecule has 1 aromatic carbocycles. The van der Waals surface area contributed by atoms with Crippen molar-refractivity contribution in [3.8, 4) is 0 Å². The van der Waals surface area contributed by atoms with Gasteiger partial charge in [0.1, 0.15) is 5.82 Å². The molecule has 0 aliphatic heterocycles. The second kappa shape index (κ2) is 5.64. The Labute approximate surface area is 109 Å². The second-order valence-electron chi connectivity index (χ2n) is 3.72. The van der Waals surface area contributed by atoms with Gasteiger partial charge >= 0.3 is 5.97 Å². The molecule has 92 valence electrons. The van der Waals surface area contributed by atoms with E-state index in [2.05, 4.69) is 9.97 Å². The van der Waals surface area contributed by atoms with E-state index in [0.29, 0.717) is 17.3 Å². The normalized spacial score (nSPS) is 10.3. The standard InChI is InChI=1S/C13H12N2O2S/c1-9-7-11(13(16)17)15-12(14-9)8-18-10-5-3-2-4-6-10/h2-7H,8H2,1H3,(H,16,17). The van der Waals surface area contributed by atoms with Crippen molar-refractivity contribution in [1.29, 1.82) is 0 Å². The highest BCUT2D eigenvalue weighted by Crippen LogP contribution is 2.20. The minimum absolute atomic E-state index is 0.0474. The predicted octanol–water partition coefficient (Wildman–Crippen LogP) is 2.78. The number of carboxylic acid groups (broad SMARTS) is 1. The zero-order valence-corrected chi connectivity index (χ0v) is 10.6. The van der Waals surface area contributed by atoms with E-state index in [1.165, 1.54) is 6.07 Å². The Morgan fingerprint density at radius 1 is 1.28 bits per heavy atom. The van der Waals surface area contributed by atoms with Gasteiger partial charge in [0.2, 0.25) is 0 Å². The summed E-state index contributed by atoms with van der Waals surface area (Å²) in [7, 11) is 0. The third-order valence-corrected chi connectivity index (χ3v) is 3.24. The Kier molecular flexibility index (Phi) is 3.94. The Bertz CT molecular complexity index is 558. The van der Waals surface area contributed by atoms with Gasteiger partial charge in [0.15, 0.2) is 5.69 Å². The summed E-state index contributed by atoms with van der Waals surface area (Å²) in [5.41, 5.74) is 0.720. The summed E-state index contributed by atoms with van der Waals surface area (Å²) >= 11 is 1.58. The number of hydrogen-bond donors (Lipinski definition) is 1. The molecule has 0 bridgehead atoms. The minimum Gasteiger partial charge on any atom is -0.477 e. The van der Waals surface area contributed by atoms with Gasteiger partial charge in [-0.1, -0.05) is 18.2 Å². The minimum atomic E-state index is -1.02. The lowest BCUT2D eigenvalue weighted by molar-refractivity contribution is 0.0689. The number of carboxylic acids is 1. The summed E-state index contributed by atoms with van der Waals surface area (Å²) in [5.74, 6) is 0.0825. The van der Waals surface area contributed by atoms with Crippen molar-refractivity contribution in [2.45, 2.75) is 17.6 Å². The highest BCUT2D eigenvalue weighted by Gasteiger charge is 2.08. The molecule has 1 N–H and O–H groups in total. The van der Waals surface area contributed by atoms with Crippen LogP contribution in [0.3, 0.4) is 0 Å². The average Bonchev–Trinajstić information content (AvgIpc) is 2.37. The molecular formula is C13H12N2O2S. The van der Waals surface area contributed by atoms with Crippen LogP contribution < -0.4 is 0 Å². The molecule has 0 unspecified atom stereocenters. The molecule has 0 saturated carbocycles. The summed E-state index contributed by atoms with van der Waals surface area (Å²) < 4.78 is 0. The van der Waals surface area contributed by atoms with Gasteiger partial charge in [-0.2, -0.15) is 0 Å². The van der Waals surface area contributed by atoms with E-state index < -0.39 is 5.97 Å². The molecule has 18 heavy (non-hydrogen) atoms. The Balaban J connectivity index is 2.12. The number of carbonyl (C=O) groups is 1. The van der Waals surface area contributed by atoms with Crippen molar-refractivity contribution >= 4 is 17.7 Å². The quantitative estimate of drug-likeness (QED) is 0.856. The number of aromatic nitrogens is 2. The van der Waals surface area contributed by atoms with Gasteiger partial charge in [0.25, 0.3) is 0 Å². The smallest absolute Gasteiger partial charge is 0.354 e. The lowest BCUT2D eigenvalue weighted by Gasteiger charge is -2.03. The molecule has 0 atom stereocenters. The van der Waals surface area contributed by atoms with Gasteiger partial charge in [0.05, 0.1) is 5.75 Å². The number of benzene rings is 1. The third-order valence-electron chi connectivity index (χ3n) is 2.23. The lowest BCUT2D eigenvalue weighted by atomic mass is 10.3. The van der Waals surface area contributed by atoms with Crippen molar-refractivity contribution < 1.29 is 9.90 Å². The van der Waals surface area contributed by atoms with Crippen LogP contribution in [0.2, 0.25) is 0 Å². The molecule has 0 saturated heterocycles. The Hall–Kier alpha value is -1.88. The molecule has 0 radical (unpaired) electrons. The predicted molar refractivity (Wildman–Crippen MR) is 69.7 cm³/mol. The van der Waals surface area contributed by atoms with Crippen molar-refractivity contribution in [2.75, 3.05) is 0 Å². The fourth-order valence-electron chi connectivity index (χ4n) is 1.47. The van der Waals surface area contributed by atoms with E-state index in [1.807, 2.05) is 30.3 Å². The second-order valence-corrected chi connectivity index (χ2v) is 4.77. The molecule has 0 aliphatic carbocycles. The molecule has 2 rings (SSSR count). The van der Waals surface area contributed by atoms with E-state index in [4.69, 9.17) is 5.11 Å². The molecule has 0 spiro atoms. The van der Waals surface area contributed by atoms with Gasteiger partial charge in [-0.3, -0.25) is 0 Å². The molecule has 0 amide bonds. The van der Waals surface area contributed by atoms with E-state index >= 15 is 0 Å². The van der Waals surface area contributed by atoms with Crippen LogP contribution in [0, 0.1) is 6.92 Å². The van der Waals surface area contributed by atoms with Crippen LogP contribution in [-0.4, -0.2) is 21.0 Å². The summed E-state index contributed by atoms with van der Waals surface area (Å²) in [6.45, 7) is 1.77. The first-order valence-corrected chi connectivity index (χ1v) is 6.39. The highest BCUT2D eigenvalue weighted by atomic mass is 32.2. The van der Waals surface area contributed by atoms with Gasteiger partial charge in [-0.25, -0.2) is 14.8 Å². The van der Waals surface area contributed by atoms with Gasteiger partial charge < -0.3 is 5.11 Å². The van der Waals surface area contributed by atoms with E-state index in [-0.39, 0.29) is 5.69 Å². The molecule has 0 fully saturated rings. The summed E-state index contributed by atoms with van der Waals surface area (Å²) in [6, 6.07) is 11.3. The SMILES string of the molecule is Cc1cc(C(=O)O)nc(CSc2ccccc2)n1. The first kappa shape index (κ1) is 12.6. The topological polar surface area (TPSA) is 63.1 Å². The maximum atomic E-state index is 10.9. The lowest BCUT2D eigenvalue weighted by Crippen LogP contribution is -2.05. The molecule has 1 heterocycles. The van der Waals surface area contributed by atoms with Gasteiger partial charge in [0, 0.05) is 10.6 Å².